The summed E-state index contributed by atoms with van der Waals surface area (Å²) in [4.78, 5) is 0. The van der Waals surface area contributed by atoms with Crippen molar-refractivity contribution in [3.05, 3.63) is 12.7 Å². The van der Waals surface area contributed by atoms with E-state index in [0.717, 1.165) is 12.8 Å². The smallest absolute Gasteiger partial charge is 0.286 e. The summed E-state index contributed by atoms with van der Waals surface area (Å²) in [5.41, 5.74) is 0. The van der Waals surface area contributed by atoms with E-state index in [1.54, 1.807) is 6.26 Å². The lowest BCUT2D eigenvalue weighted by molar-refractivity contribution is 0.123. The van der Waals surface area contributed by atoms with Crippen molar-refractivity contribution in [2.75, 3.05) is 0 Å². The van der Waals surface area contributed by atoms with Crippen molar-refractivity contribution in [1.82, 2.24) is 0 Å². The van der Waals surface area contributed by atoms with Crippen LogP contribution in [-0.2, 0) is 4.74 Å². The molecule has 2 nitrogen and oxygen atoms in total. The number of hydrogen-bond donors (Lipinski definition) is 0. The molecule has 0 N–H and O–H groups in total. The molecule has 1 saturated carbocycles. The lowest BCUT2D eigenvalue weighted by Gasteiger charge is -2.13. The maximum absolute atomic E-state index is 8.31. The molecule has 74 valence electrons. The van der Waals surface area contributed by atoms with Crippen molar-refractivity contribution in [3.63, 3.8) is 0 Å². The maximum atomic E-state index is 8.31. The molecule has 0 heterocycles. The van der Waals surface area contributed by atoms with E-state index in [0.29, 0.717) is 5.92 Å². The largest absolute Gasteiger partial charge is 0.424 e. The van der Waals surface area contributed by atoms with E-state index in [-0.39, 0.29) is 6.10 Å². The Morgan fingerprint density at radius 3 is 2.77 bits per heavy atom. The summed E-state index contributed by atoms with van der Waals surface area (Å²) in [6.07, 6.45) is 8.21. The van der Waals surface area contributed by atoms with E-state index >= 15 is 0 Å². The van der Waals surface area contributed by atoms with Crippen molar-refractivity contribution >= 4 is 0 Å². The molecule has 0 spiro atoms. The molecule has 0 bridgehead atoms. The Morgan fingerprint density at radius 2 is 2.23 bits per heavy atom. The minimum Gasteiger partial charge on any atom is -0.424 e. The third kappa shape index (κ3) is 3.98. The first-order valence-electron chi connectivity index (χ1n) is 5.04. The third-order valence-corrected chi connectivity index (χ3v) is 2.26. The number of nitriles is 1. The second-order valence-corrected chi connectivity index (χ2v) is 2.96. The molecular formula is C11H19NO. The normalized spacial score (nSPS) is 25.3. The highest BCUT2D eigenvalue weighted by molar-refractivity contribution is 4.85. The number of ether oxygens (including phenoxy) is 1. The van der Waals surface area contributed by atoms with Crippen LogP contribution in [0.25, 0.3) is 0 Å². The molecule has 0 amide bonds. The van der Waals surface area contributed by atoms with Crippen LogP contribution in [-0.4, -0.2) is 6.10 Å². The Bertz CT molecular complexity index is 171. The zero-order valence-corrected chi connectivity index (χ0v) is 8.62. The maximum Gasteiger partial charge on any atom is 0.286 e. The van der Waals surface area contributed by atoms with Gasteiger partial charge in [0.25, 0.3) is 6.26 Å². The fourth-order valence-electron chi connectivity index (χ4n) is 1.71. The number of nitrogens with zero attached hydrogens (tertiary/aromatic N) is 1. The molecule has 1 aliphatic carbocycles. The Balaban J connectivity index is 0.000000671. The van der Waals surface area contributed by atoms with Crippen molar-refractivity contribution in [3.8, 4) is 6.26 Å². The van der Waals surface area contributed by atoms with Crippen LogP contribution in [0.2, 0.25) is 0 Å². The molecule has 2 atom stereocenters. The molecule has 0 aliphatic heterocycles. The number of hydrogen-bond acceptors (Lipinski definition) is 2. The zero-order valence-electron chi connectivity index (χ0n) is 8.62. The van der Waals surface area contributed by atoms with E-state index in [2.05, 4.69) is 6.58 Å². The highest BCUT2D eigenvalue weighted by Crippen LogP contribution is 2.30. The average molecular weight is 181 g/mol. The molecule has 1 rings (SSSR count). The number of rotatable bonds is 3. The average Bonchev–Trinajstić information content (AvgIpc) is 2.58. The predicted octanol–water partition coefficient (Wildman–Crippen LogP) is 3.26. The van der Waals surface area contributed by atoms with Gasteiger partial charge in [0.05, 0.1) is 0 Å². The highest BCUT2D eigenvalue weighted by atomic mass is 16.5. The van der Waals surface area contributed by atoms with Crippen molar-refractivity contribution < 1.29 is 4.74 Å². The van der Waals surface area contributed by atoms with E-state index in [4.69, 9.17) is 10.00 Å². The molecule has 1 fully saturated rings. The van der Waals surface area contributed by atoms with Gasteiger partial charge in [-0.05, 0) is 25.7 Å². The molecular weight excluding hydrogens is 162 g/mol. The van der Waals surface area contributed by atoms with Gasteiger partial charge in [-0.15, -0.1) is 6.58 Å². The fourth-order valence-corrected chi connectivity index (χ4v) is 1.71. The van der Waals surface area contributed by atoms with E-state index in [9.17, 15) is 0 Å². The van der Waals surface area contributed by atoms with Crippen LogP contribution in [0.1, 0.15) is 39.5 Å². The standard InChI is InChI=1S/C9H13NO.C2H6/c1-2-4-8-5-3-6-9(8)11-7-10;1-2/h2,8-9H,1,3-6H2;1-2H3. The van der Waals surface area contributed by atoms with Crippen LogP contribution in [0.15, 0.2) is 12.7 Å². The summed E-state index contributed by atoms with van der Waals surface area (Å²) in [5.74, 6) is 0.534. The van der Waals surface area contributed by atoms with Gasteiger partial charge in [-0.3, -0.25) is 0 Å². The minimum atomic E-state index is 0.165. The van der Waals surface area contributed by atoms with Crippen LogP contribution in [0.5, 0.6) is 0 Å². The van der Waals surface area contributed by atoms with E-state index in [1.165, 1.54) is 12.8 Å². The number of allylic oxidation sites excluding steroid dienone is 1. The van der Waals surface area contributed by atoms with Gasteiger partial charge in [-0.2, -0.15) is 5.26 Å². The van der Waals surface area contributed by atoms with Crippen LogP contribution in [0, 0.1) is 17.4 Å². The summed E-state index contributed by atoms with van der Waals surface area (Å²) in [7, 11) is 0. The quantitative estimate of drug-likeness (QED) is 0.494. The van der Waals surface area contributed by atoms with Crippen LogP contribution < -0.4 is 0 Å². The Morgan fingerprint density at radius 1 is 1.54 bits per heavy atom. The summed E-state index contributed by atoms with van der Waals surface area (Å²) in [6.45, 7) is 7.68. The molecule has 2 unspecified atom stereocenters. The first-order chi connectivity index (χ1) is 6.38. The van der Waals surface area contributed by atoms with Crippen molar-refractivity contribution in [2.45, 2.75) is 45.6 Å². The molecule has 0 aromatic carbocycles. The monoisotopic (exact) mass is 181 g/mol. The van der Waals surface area contributed by atoms with Crippen LogP contribution >= 0.6 is 0 Å². The van der Waals surface area contributed by atoms with Gasteiger partial charge >= 0.3 is 0 Å². The van der Waals surface area contributed by atoms with Crippen LogP contribution in [0.4, 0.5) is 0 Å². The van der Waals surface area contributed by atoms with Gasteiger partial charge in [0, 0.05) is 5.92 Å². The van der Waals surface area contributed by atoms with Gasteiger partial charge in [-0.1, -0.05) is 19.9 Å². The zero-order chi connectivity index (χ0) is 10.1. The van der Waals surface area contributed by atoms with Crippen molar-refractivity contribution in [1.29, 1.82) is 5.26 Å². The second kappa shape index (κ2) is 7.67. The molecule has 0 saturated heterocycles. The van der Waals surface area contributed by atoms with Crippen molar-refractivity contribution in [2.24, 2.45) is 5.92 Å². The Kier molecular flexibility index (Phi) is 7.10. The third-order valence-electron chi connectivity index (χ3n) is 2.26. The first kappa shape index (κ1) is 12.0. The lowest BCUT2D eigenvalue weighted by Crippen LogP contribution is -2.14. The Hall–Kier alpha value is -0.970. The summed E-state index contributed by atoms with van der Waals surface area (Å²) in [6, 6.07) is 0. The molecule has 1 aliphatic rings. The summed E-state index contributed by atoms with van der Waals surface area (Å²) >= 11 is 0. The lowest BCUT2D eigenvalue weighted by atomic mass is 10.0. The molecule has 13 heavy (non-hydrogen) atoms. The molecule has 0 aromatic heterocycles. The fraction of sp³-hybridized carbons (Fsp3) is 0.727. The summed E-state index contributed by atoms with van der Waals surface area (Å²) < 4.78 is 4.93. The van der Waals surface area contributed by atoms with Gasteiger partial charge in [-0.25, -0.2) is 0 Å². The van der Waals surface area contributed by atoms with Gasteiger partial charge in [0.2, 0.25) is 0 Å². The molecule has 2 heteroatoms. The predicted molar refractivity (Wildman–Crippen MR) is 54.0 cm³/mol. The van der Waals surface area contributed by atoms with Gasteiger partial charge < -0.3 is 4.74 Å². The van der Waals surface area contributed by atoms with E-state index < -0.39 is 0 Å². The first-order valence-corrected chi connectivity index (χ1v) is 5.04. The van der Waals surface area contributed by atoms with E-state index in [1.807, 2.05) is 19.9 Å². The Labute approximate surface area is 81.2 Å². The van der Waals surface area contributed by atoms with Gasteiger partial charge in [0.1, 0.15) is 6.10 Å². The van der Waals surface area contributed by atoms with Crippen LogP contribution in [0.3, 0.4) is 0 Å². The minimum absolute atomic E-state index is 0.165. The van der Waals surface area contributed by atoms with Gasteiger partial charge in [0.15, 0.2) is 0 Å². The molecule has 0 aromatic rings. The molecule has 0 radical (unpaired) electrons. The highest BCUT2D eigenvalue weighted by Gasteiger charge is 2.27. The second-order valence-electron chi connectivity index (χ2n) is 2.96. The summed E-state index contributed by atoms with van der Waals surface area (Å²) in [5, 5.41) is 8.31. The SMILES string of the molecule is C=CCC1CCCC1OC#N.CC. The topological polar surface area (TPSA) is 33.0 Å².